The lowest BCUT2D eigenvalue weighted by molar-refractivity contribution is -0.117. The van der Waals surface area contributed by atoms with E-state index in [4.69, 9.17) is 9.47 Å². The van der Waals surface area contributed by atoms with Crippen LogP contribution in [0.3, 0.4) is 0 Å². The number of carbonyl (C=O) groups excluding carboxylic acids is 4. The van der Waals surface area contributed by atoms with Crippen LogP contribution < -0.4 is 10.6 Å². The predicted octanol–water partition coefficient (Wildman–Crippen LogP) is 2.08. The summed E-state index contributed by atoms with van der Waals surface area (Å²) in [5.74, 6) is -1.24. The van der Waals surface area contributed by atoms with E-state index in [0.717, 1.165) is 11.3 Å². The largest absolute Gasteiger partial charge is 0.462 e. The Hall–Kier alpha value is -2.66. The molecule has 178 valence electrons. The van der Waals surface area contributed by atoms with Crippen LogP contribution in [-0.2, 0) is 14.3 Å². The van der Waals surface area contributed by atoms with Crippen molar-refractivity contribution in [1.82, 2.24) is 15.1 Å². The molecule has 32 heavy (non-hydrogen) atoms. The van der Waals surface area contributed by atoms with E-state index in [-0.39, 0.29) is 41.6 Å². The zero-order chi connectivity index (χ0) is 24.1. The second kappa shape index (κ2) is 10.8. The molecule has 2 N–H and O–H groups in total. The molecule has 1 fully saturated rings. The monoisotopic (exact) mass is 468 g/mol. The Morgan fingerprint density at radius 1 is 1.09 bits per heavy atom. The molecule has 1 aromatic rings. The summed E-state index contributed by atoms with van der Waals surface area (Å²) in [6.45, 7) is 11.0. The zero-order valence-electron chi connectivity index (χ0n) is 19.5. The van der Waals surface area contributed by atoms with Gasteiger partial charge in [-0.3, -0.25) is 14.5 Å². The highest BCUT2D eigenvalue weighted by Crippen LogP contribution is 2.33. The van der Waals surface area contributed by atoms with Crippen molar-refractivity contribution in [3.05, 3.63) is 16.0 Å². The lowest BCUT2D eigenvalue weighted by Gasteiger charge is -2.35. The van der Waals surface area contributed by atoms with E-state index in [1.165, 1.54) is 7.05 Å². The Morgan fingerprint density at radius 2 is 1.72 bits per heavy atom. The number of anilines is 1. The molecule has 0 radical (unpaired) electrons. The number of hydrogen-bond donors (Lipinski definition) is 2. The van der Waals surface area contributed by atoms with Crippen LogP contribution in [0.2, 0.25) is 0 Å². The highest BCUT2D eigenvalue weighted by molar-refractivity contribution is 7.18. The summed E-state index contributed by atoms with van der Waals surface area (Å²) in [5.41, 5.74) is 0.101. The Bertz CT molecular complexity index is 868. The number of esters is 1. The third kappa shape index (κ3) is 6.67. The fourth-order valence-corrected chi connectivity index (χ4v) is 4.32. The molecule has 0 bridgehead atoms. The molecule has 11 heteroatoms. The number of rotatable bonds is 6. The van der Waals surface area contributed by atoms with Crippen molar-refractivity contribution in [2.75, 3.05) is 51.7 Å². The summed E-state index contributed by atoms with van der Waals surface area (Å²) in [4.78, 5) is 53.3. The summed E-state index contributed by atoms with van der Waals surface area (Å²) in [6, 6.07) is 0. The van der Waals surface area contributed by atoms with Crippen molar-refractivity contribution in [3.8, 4) is 0 Å². The zero-order valence-corrected chi connectivity index (χ0v) is 20.3. The number of nitrogens with zero attached hydrogens (tertiary/aromatic N) is 2. The smallest absolute Gasteiger partial charge is 0.410 e. The molecule has 0 saturated carbocycles. The maximum Gasteiger partial charge on any atom is 0.410 e. The third-order valence-electron chi connectivity index (χ3n) is 4.70. The second-order valence-corrected chi connectivity index (χ2v) is 9.37. The number of nitrogens with one attached hydrogen (secondary N) is 2. The van der Waals surface area contributed by atoms with Crippen molar-refractivity contribution in [3.63, 3.8) is 0 Å². The van der Waals surface area contributed by atoms with E-state index in [9.17, 15) is 19.2 Å². The molecule has 3 amide bonds. The summed E-state index contributed by atoms with van der Waals surface area (Å²) >= 11 is 1.04. The predicted molar refractivity (Wildman–Crippen MR) is 121 cm³/mol. The maximum atomic E-state index is 12.7. The lowest BCUT2D eigenvalue weighted by Crippen LogP contribution is -2.51. The van der Waals surface area contributed by atoms with Crippen LogP contribution in [0.15, 0.2) is 0 Å². The summed E-state index contributed by atoms with van der Waals surface area (Å²) < 4.78 is 10.5. The Morgan fingerprint density at radius 3 is 2.25 bits per heavy atom. The summed E-state index contributed by atoms with van der Waals surface area (Å²) in [7, 11) is 1.50. The number of piperazine rings is 1. The molecule has 0 spiro atoms. The van der Waals surface area contributed by atoms with E-state index >= 15 is 0 Å². The van der Waals surface area contributed by atoms with Crippen molar-refractivity contribution in [2.45, 2.75) is 40.2 Å². The van der Waals surface area contributed by atoms with Crippen LogP contribution in [0.5, 0.6) is 0 Å². The lowest BCUT2D eigenvalue weighted by atomic mass is 10.1. The van der Waals surface area contributed by atoms with Gasteiger partial charge in [0.1, 0.15) is 10.6 Å². The first-order valence-electron chi connectivity index (χ1n) is 10.5. The minimum Gasteiger partial charge on any atom is -0.462 e. The average molecular weight is 469 g/mol. The van der Waals surface area contributed by atoms with E-state index in [0.29, 0.717) is 36.6 Å². The van der Waals surface area contributed by atoms with E-state index in [1.54, 1.807) is 18.7 Å². The van der Waals surface area contributed by atoms with Crippen LogP contribution in [0, 0.1) is 6.92 Å². The molecule has 2 heterocycles. The van der Waals surface area contributed by atoms with Gasteiger partial charge in [0.05, 0.1) is 23.6 Å². The van der Waals surface area contributed by atoms with Crippen LogP contribution >= 0.6 is 11.3 Å². The van der Waals surface area contributed by atoms with Gasteiger partial charge in [0.15, 0.2) is 0 Å². The van der Waals surface area contributed by atoms with E-state index < -0.39 is 11.6 Å². The first-order chi connectivity index (χ1) is 15.0. The fraction of sp³-hybridized carbons (Fsp3) is 0.619. The number of thiophene rings is 1. The van der Waals surface area contributed by atoms with Crippen molar-refractivity contribution in [2.24, 2.45) is 0 Å². The molecule has 0 unspecified atom stereocenters. The van der Waals surface area contributed by atoms with Crippen LogP contribution in [-0.4, -0.2) is 85.7 Å². The van der Waals surface area contributed by atoms with Gasteiger partial charge in [0.2, 0.25) is 5.91 Å². The number of amides is 3. The van der Waals surface area contributed by atoms with Gasteiger partial charge >= 0.3 is 12.1 Å². The van der Waals surface area contributed by atoms with Crippen molar-refractivity contribution < 1.29 is 28.7 Å². The van der Waals surface area contributed by atoms with Crippen LogP contribution in [0.4, 0.5) is 9.80 Å². The van der Waals surface area contributed by atoms with Crippen LogP contribution in [0.1, 0.15) is 53.3 Å². The SMILES string of the molecule is CCOC(=O)c1c(NC(=O)CN2CCN(C(=O)OC(C)(C)C)CC2)sc(C(=O)NC)c1C. The molecule has 0 atom stereocenters. The normalized spacial score (nSPS) is 14.6. The Balaban J connectivity index is 2.02. The van der Waals surface area contributed by atoms with Gasteiger partial charge in [-0.1, -0.05) is 0 Å². The molecule has 0 aliphatic carbocycles. The first kappa shape index (κ1) is 25.6. The van der Waals surface area contributed by atoms with Gasteiger partial charge in [-0.05, 0) is 40.2 Å². The quantitative estimate of drug-likeness (QED) is 0.614. The minimum atomic E-state index is -0.585. The molecule has 2 rings (SSSR count). The molecular weight excluding hydrogens is 436 g/mol. The molecule has 1 aliphatic heterocycles. The van der Waals surface area contributed by atoms with Gasteiger partial charge in [-0.25, -0.2) is 9.59 Å². The molecular formula is C21H32N4O6S. The summed E-state index contributed by atoms with van der Waals surface area (Å²) in [5, 5.41) is 5.58. The standard InChI is InChI=1S/C21H32N4O6S/c1-7-30-19(28)15-13(2)16(17(27)22-6)32-18(15)23-14(26)12-24-8-10-25(11-9-24)20(29)31-21(3,4)5/h7-12H2,1-6H3,(H,22,27)(H,23,26). The third-order valence-corrected chi connectivity index (χ3v) is 5.91. The maximum absolute atomic E-state index is 12.7. The highest BCUT2D eigenvalue weighted by atomic mass is 32.1. The average Bonchev–Trinajstić information content (AvgIpc) is 3.02. The molecule has 1 aromatic heterocycles. The van der Waals surface area contributed by atoms with Gasteiger partial charge < -0.3 is 25.0 Å². The molecule has 1 aliphatic rings. The van der Waals surface area contributed by atoms with Gasteiger partial charge in [-0.15, -0.1) is 11.3 Å². The van der Waals surface area contributed by atoms with E-state index in [1.807, 2.05) is 25.7 Å². The first-order valence-corrected chi connectivity index (χ1v) is 11.3. The Labute approximate surface area is 192 Å². The van der Waals surface area contributed by atoms with Gasteiger partial charge in [-0.2, -0.15) is 0 Å². The number of hydrogen-bond acceptors (Lipinski definition) is 8. The van der Waals surface area contributed by atoms with Crippen LogP contribution in [0.25, 0.3) is 0 Å². The summed E-state index contributed by atoms with van der Waals surface area (Å²) in [6.07, 6.45) is -0.364. The topological polar surface area (TPSA) is 117 Å². The van der Waals surface area contributed by atoms with Gasteiger partial charge in [0, 0.05) is 33.2 Å². The van der Waals surface area contributed by atoms with Crippen molar-refractivity contribution in [1.29, 1.82) is 0 Å². The number of carbonyl (C=O) groups is 4. The number of ether oxygens (including phenoxy) is 2. The highest BCUT2D eigenvalue weighted by Gasteiger charge is 2.29. The molecule has 1 saturated heterocycles. The Kier molecular flexibility index (Phi) is 8.62. The minimum absolute atomic E-state index is 0.0939. The second-order valence-electron chi connectivity index (χ2n) is 8.35. The molecule has 0 aromatic carbocycles. The van der Waals surface area contributed by atoms with Crippen molar-refractivity contribution >= 4 is 40.2 Å². The van der Waals surface area contributed by atoms with Gasteiger partial charge in [0.25, 0.3) is 5.91 Å². The fourth-order valence-electron chi connectivity index (χ4n) is 3.16. The molecule has 10 nitrogen and oxygen atoms in total. The van der Waals surface area contributed by atoms with E-state index in [2.05, 4.69) is 10.6 Å².